The Morgan fingerprint density at radius 2 is 1.83 bits per heavy atom. The first-order valence-corrected chi connectivity index (χ1v) is 6.70. The topological polar surface area (TPSA) is 26.0 Å². The number of benzene rings is 2. The average Bonchev–Trinajstić information content (AvgIpc) is 2.35. The predicted molar refractivity (Wildman–Crippen MR) is 76.6 cm³/mol. The van der Waals surface area contributed by atoms with Crippen LogP contribution in [-0.2, 0) is 0 Å². The van der Waals surface area contributed by atoms with E-state index in [-0.39, 0.29) is 5.82 Å². The van der Waals surface area contributed by atoms with Gasteiger partial charge in [0.05, 0.1) is 16.1 Å². The van der Waals surface area contributed by atoms with Gasteiger partial charge in [-0.05, 0) is 29.8 Å². The quantitative estimate of drug-likeness (QED) is 0.816. The Kier molecular flexibility index (Phi) is 4.28. The van der Waals surface area contributed by atoms with E-state index in [0.29, 0.717) is 21.2 Å². The van der Waals surface area contributed by atoms with Crippen LogP contribution >= 0.6 is 39.1 Å². The fourth-order valence-electron chi connectivity index (χ4n) is 1.68. The molecule has 1 nitrogen and oxygen atoms in total. The van der Waals surface area contributed by atoms with Crippen LogP contribution in [0.15, 0.2) is 40.9 Å². The van der Waals surface area contributed by atoms with E-state index in [2.05, 4.69) is 15.9 Å². The molecule has 2 N–H and O–H groups in total. The van der Waals surface area contributed by atoms with E-state index >= 15 is 0 Å². The fraction of sp³-hybridized carbons (Fsp3) is 0.0769. The number of hydrogen-bond donors (Lipinski definition) is 1. The van der Waals surface area contributed by atoms with Crippen LogP contribution in [0.3, 0.4) is 0 Å². The number of rotatable bonds is 2. The first kappa shape index (κ1) is 13.8. The molecule has 18 heavy (non-hydrogen) atoms. The van der Waals surface area contributed by atoms with Crippen molar-refractivity contribution in [2.45, 2.75) is 6.04 Å². The molecule has 0 aliphatic rings. The molecule has 94 valence electrons. The summed E-state index contributed by atoms with van der Waals surface area (Å²) < 4.78 is 14.5. The van der Waals surface area contributed by atoms with Crippen molar-refractivity contribution in [3.05, 3.63) is 67.9 Å². The summed E-state index contributed by atoms with van der Waals surface area (Å²) in [5.74, 6) is -0.373. The molecule has 1 unspecified atom stereocenters. The highest BCUT2D eigenvalue weighted by molar-refractivity contribution is 9.10. The molecular formula is C13H9BrCl2FN. The average molecular weight is 349 g/mol. The molecule has 1 atom stereocenters. The maximum absolute atomic E-state index is 13.8. The van der Waals surface area contributed by atoms with Gasteiger partial charge in [0.1, 0.15) is 5.82 Å². The maximum Gasteiger partial charge on any atom is 0.128 e. The lowest BCUT2D eigenvalue weighted by Gasteiger charge is -2.16. The van der Waals surface area contributed by atoms with E-state index in [1.54, 1.807) is 30.3 Å². The van der Waals surface area contributed by atoms with Gasteiger partial charge >= 0.3 is 0 Å². The molecule has 0 amide bonds. The summed E-state index contributed by atoms with van der Waals surface area (Å²) in [7, 11) is 0. The van der Waals surface area contributed by atoms with Crippen molar-refractivity contribution in [3.8, 4) is 0 Å². The Labute approximate surface area is 123 Å². The summed E-state index contributed by atoms with van der Waals surface area (Å²) in [6.45, 7) is 0. The highest BCUT2D eigenvalue weighted by Crippen LogP contribution is 2.33. The summed E-state index contributed by atoms with van der Waals surface area (Å²) in [5, 5.41) is 0.756. The minimum Gasteiger partial charge on any atom is -0.320 e. The highest BCUT2D eigenvalue weighted by atomic mass is 79.9. The third-order valence-electron chi connectivity index (χ3n) is 2.61. The molecule has 2 rings (SSSR count). The van der Waals surface area contributed by atoms with Crippen molar-refractivity contribution in [1.29, 1.82) is 0 Å². The van der Waals surface area contributed by atoms with Crippen molar-refractivity contribution in [2.75, 3.05) is 0 Å². The van der Waals surface area contributed by atoms with Gasteiger partial charge in [-0.1, -0.05) is 51.3 Å². The van der Waals surface area contributed by atoms with Gasteiger partial charge in [0.15, 0.2) is 0 Å². The Morgan fingerprint density at radius 1 is 1.11 bits per heavy atom. The van der Waals surface area contributed by atoms with Crippen LogP contribution in [0.5, 0.6) is 0 Å². The summed E-state index contributed by atoms with van der Waals surface area (Å²) in [6, 6.07) is 9.09. The molecule has 0 bridgehead atoms. The van der Waals surface area contributed by atoms with Crippen LogP contribution in [0, 0.1) is 5.82 Å². The third kappa shape index (κ3) is 2.69. The van der Waals surface area contributed by atoms with Gasteiger partial charge in [0.25, 0.3) is 0 Å². The second-order valence-corrected chi connectivity index (χ2v) is 5.49. The van der Waals surface area contributed by atoms with E-state index in [1.165, 1.54) is 6.07 Å². The van der Waals surface area contributed by atoms with E-state index in [1.807, 2.05) is 0 Å². The molecule has 0 aromatic heterocycles. The van der Waals surface area contributed by atoms with Crippen LogP contribution in [0.1, 0.15) is 17.2 Å². The minimum absolute atomic E-state index is 0.353. The Hall–Kier alpha value is -0.610. The molecule has 5 heteroatoms. The van der Waals surface area contributed by atoms with Gasteiger partial charge in [-0.3, -0.25) is 0 Å². The Balaban J connectivity index is 2.51. The highest BCUT2D eigenvalue weighted by Gasteiger charge is 2.17. The second-order valence-electron chi connectivity index (χ2n) is 3.79. The standard InChI is InChI=1S/C13H9BrCl2FN/c14-7-4-5-11(17)9(6-7)13(18)8-2-1-3-10(15)12(8)16/h1-6,13H,18H2. The molecule has 2 aromatic carbocycles. The van der Waals surface area contributed by atoms with Crippen LogP contribution in [-0.4, -0.2) is 0 Å². The van der Waals surface area contributed by atoms with Gasteiger partial charge in [0, 0.05) is 10.0 Å². The lowest BCUT2D eigenvalue weighted by atomic mass is 9.99. The summed E-state index contributed by atoms with van der Waals surface area (Å²) in [5.41, 5.74) is 7.02. The van der Waals surface area contributed by atoms with E-state index in [4.69, 9.17) is 28.9 Å². The zero-order valence-corrected chi connectivity index (χ0v) is 12.2. The number of halogens is 4. The Morgan fingerprint density at radius 3 is 2.56 bits per heavy atom. The van der Waals surface area contributed by atoms with Gasteiger partial charge in [-0.2, -0.15) is 0 Å². The van der Waals surface area contributed by atoms with Crippen LogP contribution in [0.25, 0.3) is 0 Å². The first-order valence-electron chi connectivity index (χ1n) is 5.15. The van der Waals surface area contributed by atoms with Crippen molar-refractivity contribution in [2.24, 2.45) is 5.73 Å². The molecule has 0 radical (unpaired) electrons. The fourth-order valence-corrected chi connectivity index (χ4v) is 2.49. The summed E-state index contributed by atoms with van der Waals surface area (Å²) >= 11 is 15.3. The molecule has 0 aliphatic heterocycles. The summed E-state index contributed by atoms with van der Waals surface area (Å²) in [4.78, 5) is 0. The van der Waals surface area contributed by atoms with E-state index in [0.717, 1.165) is 4.47 Å². The number of hydrogen-bond acceptors (Lipinski definition) is 1. The lowest BCUT2D eigenvalue weighted by Crippen LogP contribution is -2.14. The van der Waals surface area contributed by atoms with Crippen molar-refractivity contribution < 1.29 is 4.39 Å². The molecule has 0 saturated carbocycles. The van der Waals surface area contributed by atoms with E-state index < -0.39 is 6.04 Å². The third-order valence-corrected chi connectivity index (χ3v) is 3.94. The van der Waals surface area contributed by atoms with Gasteiger partial charge in [0.2, 0.25) is 0 Å². The molecule has 0 heterocycles. The number of nitrogens with two attached hydrogens (primary N) is 1. The lowest BCUT2D eigenvalue weighted by molar-refractivity contribution is 0.599. The second kappa shape index (κ2) is 5.57. The van der Waals surface area contributed by atoms with Gasteiger partial charge in [-0.15, -0.1) is 0 Å². The zero-order valence-electron chi connectivity index (χ0n) is 9.13. The largest absolute Gasteiger partial charge is 0.320 e. The van der Waals surface area contributed by atoms with Crippen LogP contribution < -0.4 is 5.73 Å². The van der Waals surface area contributed by atoms with Crippen LogP contribution in [0.4, 0.5) is 4.39 Å². The van der Waals surface area contributed by atoms with Crippen molar-refractivity contribution in [1.82, 2.24) is 0 Å². The summed E-state index contributed by atoms with van der Waals surface area (Å²) in [6.07, 6.45) is 0. The minimum atomic E-state index is -0.659. The van der Waals surface area contributed by atoms with Gasteiger partial charge in [-0.25, -0.2) is 4.39 Å². The molecule has 0 fully saturated rings. The molecule has 2 aromatic rings. The van der Waals surface area contributed by atoms with Gasteiger partial charge < -0.3 is 5.73 Å². The SMILES string of the molecule is NC(c1cc(Br)ccc1F)c1cccc(Cl)c1Cl. The maximum atomic E-state index is 13.8. The molecule has 0 aliphatic carbocycles. The Bertz CT molecular complexity index is 587. The first-order chi connectivity index (χ1) is 8.50. The van der Waals surface area contributed by atoms with E-state index in [9.17, 15) is 4.39 Å². The molecular weight excluding hydrogens is 340 g/mol. The van der Waals surface area contributed by atoms with Crippen molar-refractivity contribution >= 4 is 39.1 Å². The normalized spacial score (nSPS) is 12.5. The smallest absolute Gasteiger partial charge is 0.128 e. The van der Waals surface area contributed by atoms with Crippen LogP contribution in [0.2, 0.25) is 10.0 Å². The zero-order chi connectivity index (χ0) is 13.3. The van der Waals surface area contributed by atoms with Crippen molar-refractivity contribution in [3.63, 3.8) is 0 Å². The predicted octanol–water partition coefficient (Wildman–Crippen LogP) is 4.94. The monoisotopic (exact) mass is 347 g/mol. The molecule has 0 spiro atoms. The molecule has 0 saturated heterocycles.